The van der Waals surface area contributed by atoms with E-state index in [-0.39, 0.29) is 0 Å². The Hall–Kier alpha value is -0.870. The topological polar surface area (TPSA) is 35.5 Å². The van der Waals surface area contributed by atoms with E-state index < -0.39 is 24.8 Å². The van der Waals surface area contributed by atoms with Crippen LogP contribution in [0.4, 0.5) is 13.6 Å². The van der Waals surface area contributed by atoms with Crippen LogP contribution >= 0.6 is 0 Å². The number of cyclic esters (lactones) is 2. The highest BCUT2D eigenvalue weighted by atomic mass is 19.2. The molecule has 5 heteroatoms. The molecule has 1 heterocycles. The Labute approximate surface area is 55.9 Å². The lowest BCUT2D eigenvalue weighted by Crippen LogP contribution is -2.35. The van der Waals surface area contributed by atoms with Gasteiger partial charge in [-0.05, 0) is 6.92 Å². The lowest BCUT2D eigenvalue weighted by Gasteiger charge is -2.15. The van der Waals surface area contributed by atoms with Gasteiger partial charge in [-0.15, -0.1) is 0 Å². The average Bonchev–Trinajstić information content (AvgIpc) is 2.13. The van der Waals surface area contributed by atoms with Crippen molar-refractivity contribution in [3.05, 3.63) is 0 Å². The second kappa shape index (κ2) is 2.07. The molecule has 1 fully saturated rings. The summed E-state index contributed by atoms with van der Waals surface area (Å²) in [6.07, 6.45) is -3.02. The van der Waals surface area contributed by atoms with E-state index in [1.54, 1.807) is 0 Å². The van der Waals surface area contributed by atoms with E-state index in [1.807, 2.05) is 0 Å². The Balaban J connectivity index is 2.63. The first-order valence-electron chi connectivity index (χ1n) is 2.73. The maximum Gasteiger partial charge on any atom is 0.511 e. The Morgan fingerprint density at radius 2 is 2.40 bits per heavy atom. The third kappa shape index (κ3) is 1.03. The summed E-state index contributed by atoms with van der Waals surface area (Å²) in [7, 11) is 0. The van der Waals surface area contributed by atoms with Crippen LogP contribution in [-0.4, -0.2) is 24.8 Å². The van der Waals surface area contributed by atoms with Gasteiger partial charge in [-0.2, -0.15) is 4.39 Å². The van der Waals surface area contributed by atoms with Crippen LogP contribution < -0.4 is 0 Å². The van der Waals surface area contributed by atoms with Gasteiger partial charge >= 0.3 is 12.0 Å². The standard InChI is InChI=1S/C5H6F2O3/c1-3(6)5(7)2-9-4(8)10-5/h3H,2H2,1H3. The van der Waals surface area contributed by atoms with Gasteiger partial charge in [0.15, 0.2) is 12.8 Å². The van der Waals surface area contributed by atoms with E-state index in [9.17, 15) is 13.6 Å². The molecule has 0 N–H and O–H groups in total. The highest BCUT2D eigenvalue weighted by Gasteiger charge is 2.48. The quantitative estimate of drug-likeness (QED) is 0.529. The first-order valence-corrected chi connectivity index (χ1v) is 2.73. The van der Waals surface area contributed by atoms with Gasteiger partial charge in [-0.25, -0.2) is 9.18 Å². The van der Waals surface area contributed by atoms with Gasteiger partial charge in [0.1, 0.15) is 0 Å². The summed E-state index contributed by atoms with van der Waals surface area (Å²) in [5, 5.41) is 0. The maximum atomic E-state index is 12.7. The Kier molecular flexibility index (Phi) is 1.50. The smallest absolute Gasteiger partial charge is 0.427 e. The molecule has 2 atom stereocenters. The van der Waals surface area contributed by atoms with Crippen LogP contribution in [0.5, 0.6) is 0 Å². The molecule has 0 aliphatic carbocycles. The first kappa shape index (κ1) is 7.24. The summed E-state index contributed by atoms with van der Waals surface area (Å²) in [5.74, 6) is -2.57. The molecule has 0 radical (unpaired) electrons. The summed E-state index contributed by atoms with van der Waals surface area (Å²) in [5.41, 5.74) is 0. The molecule has 0 aromatic carbocycles. The highest BCUT2D eigenvalue weighted by molar-refractivity contribution is 5.62. The zero-order valence-corrected chi connectivity index (χ0v) is 5.27. The van der Waals surface area contributed by atoms with E-state index in [0.29, 0.717) is 0 Å². The monoisotopic (exact) mass is 152 g/mol. The number of ether oxygens (including phenoxy) is 2. The van der Waals surface area contributed by atoms with E-state index in [0.717, 1.165) is 6.92 Å². The predicted molar refractivity (Wildman–Crippen MR) is 26.8 cm³/mol. The summed E-state index contributed by atoms with van der Waals surface area (Å²) in [6.45, 7) is 0.297. The van der Waals surface area contributed by atoms with Crippen molar-refractivity contribution < 1.29 is 23.0 Å². The van der Waals surface area contributed by atoms with Crippen molar-refractivity contribution in [2.75, 3.05) is 6.61 Å². The molecule has 0 saturated carbocycles. The number of hydrogen-bond donors (Lipinski definition) is 0. The molecule has 1 saturated heterocycles. The highest BCUT2D eigenvalue weighted by Crippen LogP contribution is 2.27. The first-order chi connectivity index (χ1) is 4.54. The van der Waals surface area contributed by atoms with Gasteiger partial charge in [0.25, 0.3) is 0 Å². The van der Waals surface area contributed by atoms with Crippen molar-refractivity contribution in [3.8, 4) is 0 Å². The zero-order chi connectivity index (χ0) is 7.78. The third-order valence-corrected chi connectivity index (χ3v) is 1.23. The molecule has 1 aliphatic heterocycles. The normalized spacial score (nSPS) is 34.9. The lowest BCUT2D eigenvalue weighted by molar-refractivity contribution is -0.111. The van der Waals surface area contributed by atoms with Crippen LogP contribution in [-0.2, 0) is 9.47 Å². The Morgan fingerprint density at radius 1 is 1.80 bits per heavy atom. The fourth-order valence-electron chi connectivity index (χ4n) is 0.551. The Morgan fingerprint density at radius 3 is 2.60 bits per heavy atom. The van der Waals surface area contributed by atoms with E-state index in [1.165, 1.54) is 0 Å². The van der Waals surface area contributed by atoms with Gasteiger partial charge in [0.05, 0.1) is 0 Å². The van der Waals surface area contributed by atoms with Crippen LogP contribution in [0.3, 0.4) is 0 Å². The molecule has 10 heavy (non-hydrogen) atoms. The number of hydrogen-bond acceptors (Lipinski definition) is 3. The minimum Gasteiger partial charge on any atom is -0.427 e. The average molecular weight is 152 g/mol. The summed E-state index contributed by atoms with van der Waals surface area (Å²) >= 11 is 0. The number of rotatable bonds is 1. The largest absolute Gasteiger partial charge is 0.511 e. The lowest BCUT2D eigenvalue weighted by atomic mass is 10.2. The van der Waals surface area contributed by atoms with Gasteiger partial charge in [-0.3, -0.25) is 0 Å². The van der Waals surface area contributed by atoms with Crippen LogP contribution in [0.15, 0.2) is 0 Å². The fraction of sp³-hybridized carbons (Fsp3) is 0.800. The Bertz CT molecular complexity index is 159. The van der Waals surface area contributed by atoms with Crippen molar-refractivity contribution >= 4 is 6.16 Å². The number of carbonyl (C=O) groups is 1. The summed E-state index contributed by atoms with van der Waals surface area (Å²) in [6, 6.07) is 0. The zero-order valence-electron chi connectivity index (χ0n) is 5.27. The number of halogens is 2. The van der Waals surface area contributed by atoms with E-state index in [4.69, 9.17) is 0 Å². The molecule has 1 rings (SSSR count). The molecular weight excluding hydrogens is 146 g/mol. The van der Waals surface area contributed by atoms with Crippen LogP contribution in [0.2, 0.25) is 0 Å². The van der Waals surface area contributed by atoms with Crippen molar-refractivity contribution in [1.82, 2.24) is 0 Å². The second-order valence-electron chi connectivity index (χ2n) is 2.04. The summed E-state index contributed by atoms with van der Waals surface area (Å²) in [4.78, 5) is 10.1. The number of carbonyl (C=O) groups excluding carboxylic acids is 1. The van der Waals surface area contributed by atoms with Gasteiger partial charge in [0.2, 0.25) is 0 Å². The van der Waals surface area contributed by atoms with Crippen LogP contribution in [0.1, 0.15) is 6.92 Å². The molecule has 1 aliphatic rings. The van der Waals surface area contributed by atoms with E-state index in [2.05, 4.69) is 9.47 Å². The van der Waals surface area contributed by atoms with Gasteiger partial charge < -0.3 is 9.47 Å². The molecule has 0 amide bonds. The fourth-order valence-corrected chi connectivity index (χ4v) is 0.551. The van der Waals surface area contributed by atoms with Crippen LogP contribution in [0, 0.1) is 0 Å². The molecule has 0 spiro atoms. The third-order valence-electron chi connectivity index (χ3n) is 1.23. The molecule has 0 aromatic rings. The molecule has 58 valence electrons. The molecule has 3 nitrogen and oxygen atoms in total. The van der Waals surface area contributed by atoms with Gasteiger partial charge in [0, 0.05) is 0 Å². The van der Waals surface area contributed by atoms with Crippen molar-refractivity contribution in [2.24, 2.45) is 0 Å². The predicted octanol–water partition coefficient (Wildman–Crippen LogP) is 1.18. The molecule has 0 bridgehead atoms. The number of alkyl halides is 2. The van der Waals surface area contributed by atoms with E-state index >= 15 is 0 Å². The minimum atomic E-state index is -2.57. The SMILES string of the molecule is CC(F)C1(F)COC(=O)O1. The minimum absolute atomic E-state index is 0.663. The summed E-state index contributed by atoms with van der Waals surface area (Å²) < 4.78 is 32.9. The molecular formula is C5H6F2O3. The van der Waals surface area contributed by atoms with Crippen molar-refractivity contribution in [2.45, 2.75) is 19.0 Å². The van der Waals surface area contributed by atoms with Gasteiger partial charge in [-0.1, -0.05) is 0 Å². The second-order valence-corrected chi connectivity index (χ2v) is 2.04. The maximum absolute atomic E-state index is 12.7. The molecule has 0 aromatic heterocycles. The van der Waals surface area contributed by atoms with Crippen molar-refractivity contribution in [1.29, 1.82) is 0 Å². The van der Waals surface area contributed by atoms with Crippen LogP contribution in [0.25, 0.3) is 0 Å². The van der Waals surface area contributed by atoms with Crippen molar-refractivity contribution in [3.63, 3.8) is 0 Å². The molecule has 2 unspecified atom stereocenters.